The molecule has 6 heteroatoms. The lowest BCUT2D eigenvalue weighted by Gasteiger charge is -2.13. The summed E-state index contributed by atoms with van der Waals surface area (Å²) in [6.45, 7) is 4.53. The van der Waals surface area contributed by atoms with Gasteiger partial charge in [0, 0.05) is 18.8 Å². The van der Waals surface area contributed by atoms with E-state index in [4.69, 9.17) is 0 Å². The van der Waals surface area contributed by atoms with E-state index in [0.717, 1.165) is 5.56 Å². The number of sulfonamides is 1. The molecule has 0 bridgehead atoms. The summed E-state index contributed by atoms with van der Waals surface area (Å²) in [7, 11) is -3.64. The molecular weight excluding hydrogens is 286 g/mol. The number of nitrogens with one attached hydrogen (secondary N) is 2. The van der Waals surface area contributed by atoms with Crippen LogP contribution in [-0.2, 0) is 16.6 Å². The van der Waals surface area contributed by atoms with Gasteiger partial charge in [-0.2, -0.15) is 0 Å². The van der Waals surface area contributed by atoms with Crippen molar-refractivity contribution in [3.63, 3.8) is 0 Å². The van der Waals surface area contributed by atoms with Crippen molar-refractivity contribution in [1.82, 2.24) is 10.3 Å². The third-order valence-corrected chi connectivity index (χ3v) is 4.32. The summed E-state index contributed by atoms with van der Waals surface area (Å²) >= 11 is 0. The second kappa shape index (κ2) is 6.69. The maximum atomic E-state index is 12.5. The predicted molar refractivity (Wildman–Crippen MR) is 83.5 cm³/mol. The zero-order valence-corrected chi connectivity index (χ0v) is 12.9. The van der Waals surface area contributed by atoms with Gasteiger partial charge >= 0.3 is 0 Å². The molecule has 5 nitrogen and oxygen atoms in total. The van der Waals surface area contributed by atoms with Crippen LogP contribution in [0.4, 0.5) is 5.82 Å². The number of hydrogen-bond donors (Lipinski definition) is 2. The smallest absolute Gasteiger partial charge is 0.263 e. The third-order valence-electron chi connectivity index (χ3n) is 2.87. The van der Waals surface area contributed by atoms with E-state index >= 15 is 0 Å². The second-order valence-electron chi connectivity index (χ2n) is 4.96. The van der Waals surface area contributed by atoms with Gasteiger partial charge in [0.1, 0.15) is 5.82 Å². The normalized spacial score (nSPS) is 11.6. The van der Waals surface area contributed by atoms with Gasteiger partial charge < -0.3 is 5.32 Å². The molecule has 0 aliphatic heterocycles. The van der Waals surface area contributed by atoms with E-state index in [-0.39, 0.29) is 10.9 Å². The van der Waals surface area contributed by atoms with E-state index in [1.165, 1.54) is 0 Å². The van der Waals surface area contributed by atoms with Gasteiger partial charge in [-0.3, -0.25) is 4.72 Å². The van der Waals surface area contributed by atoms with Crippen LogP contribution in [0.15, 0.2) is 53.6 Å². The molecule has 112 valence electrons. The molecule has 21 heavy (non-hydrogen) atoms. The molecule has 2 N–H and O–H groups in total. The van der Waals surface area contributed by atoms with Crippen LogP contribution in [0, 0.1) is 0 Å². The molecular formula is C15H19N3O2S. The lowest BCUT2D eigenvalue weighted by atomic mass is 10.2. The standard InChI is InChI=1S/C15H19N3O2S/c1-12(2)17-11-13-7-3-4-8-14(13)21(19,20)18-15-9-5-6-10-16-15/h3-10,12,17H,11H2,1-2H3,(H,16,18). The Labute approximate surface area is 125 Å². The van der Waals surface area contributed by atoms with Crippen molar-refractivity contribution in [2.24, 2.45) is 0 Å². The molecule has 0 unspecified atom stereocenters. The number of rotatable bonds is 6. The van der Waals surface area contributed by atoms with Crippen molar-refractivity contribution in [1.29, 1.82) is 0 Å². The minimum Gasteiger partial charge on any atom is -0.310 e. The van der Waals surface area contributed by atoms with Crippen LogP contribution in [0.3, 0.4) is 0 Å². The highest BCUT2D eigenvalue weighted by Crippen LogP contribution is 2.18. The first-order chi connectivity index (χ1) is 9.99. The molecule has 0 radical (unpaired) electrons. The topological polar surface area (TPSA) is 71.1 Å². The van der Waals surface area contributed by atoms with Crippen molar-refractivity contribution in [3.05, 3.63) is 54.2 Å². The molecule has 0 aliphatic rings. The van der Waals surface area contributed by atoms with Crippen LogP contribution >= 0.6 is 0 Å². The molecule has 2 rings (SSSR count). The Balaban J connectivity index is 2.27. The van der Waals surface area contributed by atoms with E-state index in [9.17, 15) is 8.42 Å². The molecule has 0 saturated heterocycles. The zero-order valence-electron chi connectivity index (χ0n) is 12.1. The summed E-state index contributed by atoms with van der Waals surface area (Å²) in [5.41, 5.74) is 0.731. The summed E-state index contributed by atoms with van der Waals surface area (Å²) < 4.78 is 27.5. The largest absolute Gasteiger partial charge is 0.310 e. The van der Waals surface area contributed by atoms with Gasteiger partial charge in [-0.1, -0.05) is 38.1 Å². The summed E-state index contributed by atoms with van der Waals surface area (Å²) in [4.78, 5) is 4.25. The Hall–Kier alpha value is -1.92. The molecule has 0 spiro atoms. The van der Waals surface area contributed by atoms with Crippen LogP contribution in [-0.4, -0.2) is 19.4 Å². The van der Waals surface area contributed by atoms with Gasteiger partial charge in [0.05, 0.1) is 4.90 Å². The minimum absolute atomic E-state index is 0.267. The summed E-state index contributed by atoms with van der Waals surface area (Å²) in [5.74, 6) is 0.309. The molecule has 0 atom stereocenters. The van der Waals surface area contributed by atoms with Crippen molar-refractivity contribution < 1.29 is 8.42 Å². The average Bonchev–Trinajstić information content (AvgIpc) is 2.46. The monoisotopic (exact) mass is 305 g/mol. The highest BCUT2D eigenvalue weighted by molar-refractivity contribution is 7.92. The van der Waals surface area contributed by atoms with Crippen molar-refractivity contribution in [3.8, 4) is 0 Å². The quantitative estimate of drug-likeness (QED) is 0.859. The maximum Gasteiger partial charge on any atom is 0.263 e. The van der Waals surface area contributed by atoms with Crippen LogP contribution < -0.4 is 10.0 Å². The Morgan fingerprint density at radius 1 is 1.10 bits per heavy atom. The molecule has 1 heterocycles. The highest BCUT2D eigenvalue weighted by atomic mass is 32.2. The van der Waals surface area contributed by atoms with Crippen LogP contribution in [0.5, 0.6) is 0 Å². The number of pyridine rings is 1. The van der Waals surface area contributed by atoms with E-state index < -0.39 is 10.0 Å². The van der Waals surface area contributed by atoms with Gasteiger partial charge in [0.15, 0.2) is 0 Å². The van der Waals surface area contributed by atoms with Gasteiger partial charge in [-0.15, -0.1) is 0 Å². The fourth-order valence-corrected chi connectivity index (χ4v) is 3.09. The lowest BCUT2D eigenvalue weighted by molar-refractivity contribution is 0.576. The van der Waals surface area contributed by atoms with E-state index in [2.05, 4.69) is 15.0 Å². The summed E-state index contributed by atoms with van der Waals surface area (Å²) in [6, 6.07) is 12.3. The van der Waals surface area contributed by atoms with E-state index in [1.807, 2.05) is 26.0 Å². The molecule has 1 aromatic carbocycles. The number of hydrogen-bond acceptors (Lipinski definition) is 4. The molecule has 0 fully saturated rings. The van der Waals surface area contributed by atoms with Crippen LogP contribution in [0.25, 0.3) is 0 Å². The average molecular weight is 305 g/mol. The van der Waals surface area contributed by atoms with Gasteiger partial charge in [0.25, 0.3) is 10.0 Å². The third kappa shape index (κ3) is 4.27. The molecule has 0 amide bonds. The van der Waals surface area contributed by atoms with Crippen LogP contribution in [0.2, 0.25) is 0 Å². The summed E-state index contributed by atoms with van der Waals surface area (Å²) in [5, 5.41) is 3.23. The first-order valence-corrected chi connectivity index (χ1v) is 8.22. The Bertz CT molecular complexity index is 685. The fraction of sp³-hybridized carbons (Fsp3) is 0.267. The number of nitrogens with zero attached hydrogens (tertiary/aromatic N) is 1. The molecule has 0 aliphatic carbocycles. The van der Waals surface area contributed by atoms with E-state index in [0.29, 0.717) is 12.4 Å². The minimum atomic E-state index is -3.64. The lowest BCUT2D eigenvalue weighted by Crippen LogP contribution is -2.24. The maximum absolute atomic E-state index is 12.5. The molecule has 2 aromatic rings. The van der Waals surface area contributed by atoms with Crippen molar-refractivity contribution in [2.45, 2.75) is 31.3 Å². The van der Waals surface area contributed by atoms with Crippen molar-refractivity contribution >= 4 is 15.8 Å². The molecule has 1 aromatic heterocycles. The van der Waals surface area contributed by atoms with Gasteiger partial charge in [-0.25, -0.2) is 13.4 Å². The Morgan fingerprint density at radius 3 is 2.48 bits per heavy atom. The van der Waals surface area contributed by atoms with Crippen LogP contribution in [0.1, 0.15) is 19.4 Å². The fourth-order valence-electron chi connectivity index (χ4n) is 1.84. The Morgan fingerprint density at radius 2 is 1.81 bits per heavy atom. The van der Waals surface area contributed by atoms with E-state index in [1.54, 1.807) is 36.5 Å². The molecule has 0 saturated carbocycles. The van der Waals surface area contributed by atoms with Crippen molar-refractivity contribution in [2.75, 3.05) is 4.72 Å². The first kappa shape index (κ1) is 15.5. The Kier molecular flexibility index (Phi) is 4.93. The highest BCUT2D eigenvalue weighted by Gasteiger charge is 2.18. The zero-order chi connectivity index (χ0) is 15.3. The van der Waals surface area contributed by atoms with Gasteiger partial charge in [-0.05, 0) is 23.8 Å². The summed E-state index contributed by atoms with van der Waals surface area (Å²) in [6.07, 6.45) is 1.55. The number of benzene rings is 1. The number of anilines is 1. The predicted octanol–water partition coefficient (Wildman–Crippen LogP) is 2.38. The SMILES string of the molecule is CC(C)NCc1ccccc1S(=O)(=O)Nc1ccccn1. The second-order valence-corrected chi connectivity index (χ2v) is 6.61. The first-order valence-electron chi connectivity index (χ1n) is 6.74. The number of aromatic nitrogens is 1. The van der Waals surface area contributed by atoms with Gasteiger partial charge in [0.2, 0.25) is 0 Å².